The van der Waals surface area contributed by atoms with Gasteiger partial charge in [-0.3, -0.25) is 14.5 Å². The summed E-state index contributed by atoms with van der Waals surface area (Å²) >= 11 is 0. The number of hydrogen-bond acceptors (Lipinski definition) is 7. The summed E-state index contributed by atoms with van der Waals surface area (Å²) in [4.78, 5) is 39.2. The van der Waals surface area contributed by atoms with Crippen molar-refractivity contribution in [3.8, 4) is 0 Å². The van der Waals surface area contributed by atoms with Crippen molar-refractivity contribution in [3.63, 3.8) is 0 Å². The molecule has 1 aliphatic rings. The first-order chi connectivity index (χ1) is 14.5. The van der Waals surface area contributed by atoms with Crippen molar-refractivity contribution >= 4 is 18.0 Å². The second-order valence-electron chi connectivity index (χ2n) is 7.72. The first-order valence-electron chi connectivity index (χ1n) is 11.5. The highest BCUT2D eigenvalue weighted by atomic mass is 16.6. The van der Waals surface area contributed by atoms with E-state index in [1.807, 2.05) is 13.8 Å². The van der Waals surface area contributed by atoms with Gasteiger partial charge >= 0.3 is 18.0 Å². The summed E-state index contributed by atoms with van der Waals surface area (Å²) in [5.41, 5.74) is 0. The second-order valence-corrected chi connectivity index (χ2v) is 7.72. The van der Waals surface area contributed by atoms with Gasteiger partial charge in [-0.05, 0) is 25.8 Å². The Balaban J connectivity index is 2.18. The van der Waals surface area contributed by atoms with Crippen molar-refractivity contribution in [3.05, 3.63) is 0 Å². The number of likely N-dealkylation sites (N-methyl/N-ethyl adjacent to an activating group) is 1. The van der Waals surface area contributed by atoms with Crippen molar-refractivity contribution in [2.24, 2.45) is 0 Å². The topological polar surface area (TPSA) is 85.4 Å². The van der Waals surface area contributed by atoms with Gasteiger partial charge < -0.3 is 19.1 Å². The fraction of sp³-hybridized carbons (Fsp3) is 0.864. The van der Waals surface area contributed by atoms with E-state index in [0.29, 0.717) is 26.3 Å². The van der Waals surface area contributed by atoms with Crippen LogP contribution in [0.1, 0.15) is 72.1 Å². The van der Waals surface area contributed by atoms with Gasteiger partial charge in [0.1, 0.15) is 6.61 Å². The van der Waals surface area contributed by atoms with Gasteiger partial charge in [0.05, 0.1) is 32.3 Å². The number of likely N-dealkylation sites (tertiary alicyclic amines) is 1. The molecule has 1 aliphatic heterocycles. The number of nitrogens with zero attached hydrogens (tertiary/aromatic N) is 2. The highest BCUT2D eigenvalue weighted by molar-refractivity contribution is 5.75. The highest BCUT2D eigenvalue weighted by Gasteiger charge is 2.34. The molecule has 0 aliphatic carbocycles. The van der Waals surface area contributed by atoms with Gasteiger partial charge in [-0.15, -0.1) is 0 Å². The highest BCUT2D eigenvalue weighted by Crippen LogP contribution is 2.19. The van der Waals surface area contributed by atoms with E-state index in [1.165, 1.54) is 25.7 Å². The number of amides is 1. The lowest BCUT2D eigenvalue weighted by atomic mass is 10.1. The van der Waals surface area contributed by atoms with Crippen molar-refractivity contribution in [2.75, 3.05) is 46.0 Å². The molecule has 0 aromatic carbocycles. The molecular weight excluding hydrogens is 388 g/mol. The molecule has 0 radical (unpaired) electrons. The van der Waals surface area contributed by atoms with Crippen LogP contribution in [-0.2, 0) is 23.8 Å². The molecule has 30 heavy (non-hydrogen) atoms. The zero-order valence-electron chi connectivity index (χ0n) is 19.0. The Labute approximate surface area is 181 Å². The molecule has 0 aromatic heterocycles. The fourth-order valence-corrected chi connectivity index (χ4v) is 3.12. The molecule has 1 amide bonds. The molecule has 1 unspecified atom stereocenters. The number of rotatable bonds is 16. The summed E-state index contributed by atoms with van der Waals surface area (Å²) in [5, 5.41) is 0. The summed E-state index contributed by atoms with van der Waals surface area (Å²) < 4.78 is 15.7. The van der Waals surface area contributed by atoms with E-state index in [1.54, 1.807) is 9.80 Å². The van der Waals surface area contributed by atoms with Crippen LogP contribution in [0.4, 0.5) is 4.79 Å². The molecule has 0 bridgehead atoms. The Morgan fingerprint density at radius 3 is 2.10 bits per heavy atom. The monoisotopic (exact) mass is 428 g/mol. The second kappa shape index (κ2) is 15.9. The van der Waals surface area contributed by atoms with Gasteiger partial charge in [0.15, 0.2) is 0 Å². The average molecular weight is 429 g/mol. The summed E-state index contributed by atoms with van der Waals surface area (Å²) in [6.45, 7) is 8.23. The number of carbonyl (C=O) groups excluding carboxylic acids is 3. The fourth-order valence-electron chi connectivity index (χ4n) is 3.12. The SMILES string of the molecule is CCCCCCCCOC(=O)CN(CC)CC(=O)OCC1CCN1C(=O)OCCC. The van der Waals surface area contributed by atoms with Gasteiger partial charge in [-0.1, -0.05) is 52.9 Å². The summed E-state index contributed by atoms with van der Waals surface area (Å²) in [7, 11) is 0. The van der Waals surface area contributed by atoms with E-state index in [0.717, 1.165) is 25.7 Å². The van der Waals surface area contributed by atoms with Crippen molar-refractivity contribution < 1.29 is 28.6 Å². The van der Waals surface area contributed by atoms with E-state index < -0.39 is 5.97 Å². The standard InChI is InChI=1S/C22H40N2O6/c1-4-7-8-9-10-11-15-28-20(25)16-23(6-3)17-21(26)30-18-19-12-13-24(19)22(27)29-14-5-2/h19H,4-18H2,1-3H3. The van der Waals surface area contributed by atoms with Crippen LogP contribution in [0.2, 0.25) is 0 Å². The quantitative estimate of drug-likeness (QED) is 0.212. The van der Waals surface area contributed by atoms with Crippen molar-refractivity contribution in [1.82, 2.24) is 9.80 Å². The van der Waals surface area contributed by atoms with Crippen LogP contribution in [-0.4, -0.2) is 79.9 Å². The third kappa shape index (κ3) is 10.8. The zero-order chi connectivity index (χ0) is 22.2. The Hall–Kier alpha value is -1.83. The first-order valence-corrected chi connectivity index (χ1v) is 11.5. The van der Waals surface area contributed by atoms with Gasteiger partial charge in [0.25, 0.3) is 0 Å². The molecule has 1 fully saturated rings. The molecule has 0 spiro atoms. The van der Waals surface area contributed by atoms with E-state index in [2.05, 4.69) is 6.92 Å². The number of esters is 2. The van der Waals surface area contributed by atoms with Gasteiger partial charge in [-0.25, -0.2) is 4.79 Å². The Bertz CT molecular complexity index is 514. The third-order valence-electron chi connectivity index (χ3n) is 5.16. The van der Waals surface area contributed by atoms with Crippen molar-refractivity contribution in [1.29, 1.82) is 0 Å². The normalized spacial score (nSPS) is 15.6. The van der Waals surface area contributed by atoms with Crippen LogP contribution in [0.3, 0.4) is 0 Å². The van der Waals surface area contributed by atoms with Crippen LogP contribution < -0.4 is 0 Å². The van der Waals surface area contributed by atoms with Crippen LogP contribution in [0.25, 0.3) is 0 Å². The van der Waals surface area contributed by atoms with Gasteiger partial charge in [0, 0.05) is 6.54 Å². The maximum Gasteiger partial charge on any atom is 0.410 e. The molecule has 1 rings (SSSR count). The molecular formula is C22H40N2O6. The number of carbonyl (C=O) groups is 3. The van der Waals surface area contributed by atoms with Crippen LogP contribution in [0.5, 0.6) is 0 Å². The largest absolute Gasteiger partial charge is 0.465 e. The lowest BCUT2D eigenvalue weighted by Gasteiger charge is -2.39. The molecule has 8 nitrogen and oxygen atoms in total. The first kappa shape index (κ1) is 26.2. The molecule has 0 saturated carbocycles. The average Bonchev–Trinajstić information content (AvgIpc) is 2.70. The van der Waals surface area contributed by atoms with E-state index in [-0.39, 0.29) is 37.8 Å². The Morgan fingerprint density at radius 1 is 0.833 bits per heavy atom. The van der Waals surface area contributed by atoms with Gasteiger partial charge in [0.2, 0.25) is 0 Å². The lowest BCUT2D eigenvalue weighted by molar-refractivity contribution is -0.150. The maximum atomic E-state index is 12.1. The number of ether oxygens (including phenoxy) is 3. The minimum Gasteiger partial charge on any atom is -0.465 e. The molecule has 174 valence electrons. The maximum absolute atomic E-state index is 12.1. The Kier molecular flexibility index (Phi) is 13.9. The molecule has 8 heteroatoms. The smallest absolute Gasteiger partial charge is 0.410 e. The van der Waals surface area contributed by atoms with E-state index >= 15 is 0 Å². The molecule has 1 saturated heterocycles. The minimum atomic E-state index is -0.408. The number of unbranched alkanes of at least 4 members (excludes halogenated alkanes) is 5. The van der Waals surface area contributed by atoms with Crippen molar-refractivity contribution in [2.45, 2.75) is 78.2 Å². The number of hydrogen-bond donors (Lipinski definition) is 0. The van der Waals surface area contributed by atoms with Gasteiger partial charge in [-0.2, -0.15) is 0 Å². The van der Waals surface area contributed by atoms with Crippen LogP contribution >= 0.6 is 0 Å². The molecule has 0 N–H and O–H groups in total. The predicted octanol–water partition coefficient (Wildman–Crippen LogP) is 3.38. The molecule has 1 heterocycles. The molecule has 1 atom stereocenters. The summed E-state index contributed by atoms with van der Waals surface area (Å²) in [6, 6.07) is -0.129. The minimum absolute atomic E-state index is 0.0234. The van der Waals surface area contributed by atoms with E-state index in [9.17, 15) is 14.4 Å². The third-order valence-corrected chi connectivity index (χ3v) is 5.16. The Morgan fingerprint density at radius 2 is 1.50 bits per heavy atom. The molecule has 0 aromatic rings. The predicted molar refractivity (Wildman–Crippen MR) is 114 cm³/mol. The summed E-state index contributed by atoms with van der Waals surface area (Å²) in [6.07, 6.45) is 8.03. The lowest BCUT2D eigenvalue weighted by Crippen LogP contribution is -2.54. The van der Waals surface area contributed by atoms with E-state index in [4.69, 9.17) is 14.2 Å². The van der Waals surface area contributed by atoms with Crippen LogP contribution in [0, 0.1) is 0 Å². The zero-order valence-corrected chi connectivity index (χ0v) is 19.0. The summed E-state index contributed by atoms with van der Waals surface area (Å²) in [5.74, 6) is -0.726. The van der Waals surface area contributed by atoms with Crippen LogP contribution in [0.15, 0.2) is 0 Å².